The van der Waals surface area contributed by atoms with Crippen LogP contribution in [0.25, 0.3) is 0 Å². The van der Waals surface area contributed by atoms with Gasteiger partial charge in [-0.3, -0.25) is 9.78 Å². The topological polar surface area (TPSA) is 54.9 Å². The fourth-order valence-electron chi connectivity index (χ4n) is 1.97. The molecule has 118 valence electrons. The van der Waals surface area contributed by atoms with Crippen molar-refractivity contribution in [2.75, 3.05) is 5.32 Å². The Balaban J connectivity index is 1.84. The van der Waals surface area contributed by atoms with Gasteiger partial charge < -0.3 is 5.32 Å². The normalized spacial score (nSPS) is 9.92. The first kappa shape index (κ1) is 15.8. The molecule has 0 atom stereocenters. The second kappa shape index (κ2) is 7.02. The summed E-state index contributed by atoms with van der Waals surface area (Å²) in [7, 11) is 0. The Labute approximate surface area is 142 Å². The highest BCUT2D eigenvalue weighted by Gasteiger charge is 2.12. The molecule has 3 rings (SSSR count). The summed E-state index contributed by atoms with van der Waals surface area (Å²) < 4.78 is 14.0. The van der Waals surface area contributed by atoms with Gasteiger partial charge in [0.2, 0.25) is 0 Å². The van der Waals surface area contributed by atoms with Crippen molar-refractivity contribution in [3.63, 3.8) is 0 Å². The third kappa shape index (κ3) is 3.83. The average molecular weight is 337 g/mol. The third-order valence-corrected chi connectivity index (χ3v) is 3.88. The number of benzene rings is 1. The number of hydrogen-bond donors (Lipinski definition) is 1. The van der Waals surface area contributed by atoms with E-state index in [4.69, 9.17) is 0 Å². The van der Waals surface area contributed by atoms with Crippen molar-refractivity contribution in [3.05, 3.63) is 75.8 Å². The molecule has 0 aliphatic carbocycles. The molecule has 3 aromatic rings. The minimum absolute atomic E-state index is 0.0620. The van der Waals surface area contributed by atoms with Crippen molar-refractivity contribution in [1.29, 1.82) is 0 Å². The fourth-order valence-corrected chi connectivity index (χ4v) is 2.51. The van der Waals surface area contributed by atoms with E-state index in [1.54, 1.807) is 24.5 Å². The lowest BCUT2D eigenvalue weighted by atomic mass is 10.1. The van der Waals surface area contributed by atoms with E-state index in [0.29, 0.717) is 16.9 Å². The molecule has 0 spiro atoms. The second-order valence-electron chi connectivity index (χ2n) is 4.89. The smallest absolute Gasteiger partial charge is 0.258 e. The Kier molecular flexibility index (Phi) is 4.64. The van der Waals surface area contributed by atoms with Gasteiger partial charge in [-0.15, -0.1) is 11.3 Å². The van der Waals surface area contributed by atoms with Crippen molar-refractivity contribution in [1.82, 2.24) is 9.97 Å². The maximum absolute atomic E-state index is 14.0. The standard InChI is InChI=1S/C18H12FN3OS/c1-12-21-15(11-24-12)4-2-13-3-5-17(19)16(10-13)18(23)22-14-6-8-20-9-7-14/h3,5-11H,1H3,(H,20,22,23). The molecule has 6 heteroatoms. The van der Waals surface area contributed by atoms with Gasteiger partial charge in [0.25, 0.3) is 5.91 Å². The highest BCUT2D eigenvalue weighted by atomic mass is 32.1. The Bertz CT molecular complexity index is 942. The Morgan fingerprint density at radius 3 is 2.71 bits per heavy atom. The summed E-state index contributed by atoms with van der Waals surface area (Å²) in [6.45, 7) is 1.90. The number of carbonyl (C=O) groups excluding carboxylic acids is 1. The number of aromatic nitrogens is 2. The Morgan fingerprint density at radius 2 is 2.00 bits per heavy atom. The van der Waals surface area contributed by atoms with E-state index in [9.17, 15) is 9.18 Å². The Hall–Kier alpha value is -3.04. The summed E-state index contributed by atoms with van der Waals surface area (Å²) in [5.74, 6) is 4.67. The molecular weight excluding hydrogens is 325 g/mol. The number of pyridine rings is 1. The minimum Gasteiger partial charge on any atom is -0.322 e. The van der Waals surface area contributed by atoms with Gasteiger partial charge in [0, 0.05) is 29.0 Å². The summed E-state index contributed by atoms with van der Waals surface area (Å²) in [6, 6.07) is 7.45. The van der Waals surface area contributed by atoms with Crippen LogP contribution < -0.4 is 5.32 Å². The number of anilines is 1. The first-order valence-electron chi connectivity index (χ1n) is 7.07. The fraction of sp³-hybridized carbons (Fsp3) is 0.0556. The number of nitrogens with one attached hydrogen (secondary N) is 1. The predicted molar refractivity (Wildman–Crippen MR) is 91.4 cm³/mol. The number of amides is 1. The lowest BCUT2D eigenvalue weighted by Gasteiger charge is -2.06. The SMILES string of the molecule is Cc1nc(C#Cc2ccc(F)c(C(=O)Nc3ccncc3)c2)cs1. The van der Waals surface area contributed by atoms with Crippen molar-refractivity contribution in [3.8, 4) is 11.8 Å². The van der Waals surface area contributed by atoms with Crippen LogP contribution in [-0.2, 0) is 0 Å². The summed E-state index contributed by atoms with van der Waals surface area (Å²) in [4.78, 5) is 20.3. The highest BCUT2D eigenvalue weighted by molar-refractivity contribution is 7.09. The maximum Gasteiger partial charge on any atom is 0.258 e. The first-order valence-corrected chi connectivity index (χ1v) is 7.95. The molecule has 1 N–H and O–H groups in total. The lowest BCUT2D eigenvalue weighted by molar-refractivity contribution is 0.102. The highest BCUT2D eigenvalue weighted by Crippen LogP contribution is 2.14. The predicted octanol–water partition coefficient (Wildman–Crippen LogP) is 3.64. The molecule has 0 unspecified atom stereocenters. The summed E-state index contributed by atoms with van der Waals surface area (Å²) >= 11 is 1.51. The van der Waals surface area contributed by atoms with Crippen LogP contribution >= 0.6 is 11.3 Å². The van der Waals surface area contributed by atoms with E-state index >= 15 is 0 Å². The summed E-state index contributed by atoms with van der Waals surface area (Å²) in [6.07, 6.45) is 3.09. The Morgan fingerprint density at radius 1 is 1.21 bits per heavy atom. The quantitative estimate of drug-likeness (QED) is 0.727. The number of rotatable bonds is 2. The molecule has 24 heavy (non-hydrogen) atoms. The van der Waals surface area contributed by atoms with Gasteiger partial charge in [-0.1, -0.05) is 5.92 Å². The van der Waals surface area contributed by atoms with Gasteiger partial charge in [-0.05, 0) is 43.2 Å². The molecule has 0 radical (unpaired) electrons. The van der Waals surface area contributed by atoms with Gasteiger partial charge in [0.1, 0.15) is 11.5 Å². The number of aryl methyl sites for hydroxylation is 1. The lowest BCUT2D eigenvalue weighted by Crippen LogP contribution is -2.14. The number of thiazole rings is 1. The molecule has 0 saturated carbocycles. The largest absolute Gasteiger partial charge is 0.322 e. The first-order chi connectivity index (χ1) is 11.6. The van der Waals surface area contributed by atoms with Crippen LogP contribution in [0.5, 0.6) is 0 Å². The van der Waals surface area contributed by atoms with Crippen molar-refractivity contribution < 1.29 is 9.18 Å². The second-order valence-corrected chi connectivity index (χ2v) is 5.95. The van der Waals surface area contributed by atoms with E-state index in [2.05, 4.69) is 27.1 Å². The number of halogens is 1. The molecule has 4 nitrogen and oxygen atoms in total. The van der Waals surface area contributed by atoms with E-state index in [0.717, 1.165) is 5.01 Å². The van der Waals surface area contributed by atoms with E-state index < -0.39 is 11.7 Å². The van der Waals surface area contributed by atoms with Gasteiger partial charge in [-0.2, -0.15) is 0 Å². The van der Waals surface area contributed by atoms with E-state index in [1.807, 2.05) is 12.3 Å². The molecular formula is C18H12FN3OS. The van der Waals surface area contributed by atoms with Crippen LogP contribution in [0.3, 0.4) is 0 Å². The van der Waals surface area contributed by atoms with E-state index in [1.165, 1.54) is 29.5 Å². The molecule has 0 bridgehead atoms. The number of hydrogen-bond acceptors (Lipinski definition) is 4. The number of nitrogens with zero attached hydrogens (tertiary/aromatic N) is 2. The average Bonchev–Trinajstić information content (AvgIpc) is 3.00. The number of carbonyl (C=O) groups is 1. The van der Waals surface area contributed by atoms with Gasteiger partial charge in [-0.25, -0.2) is 9.37 Å². The zero-order valence-corrected chi connectivity index (χ0v) is 13.5. The van der Waals surface area contributed by atoms with Crippen LogP contribution in [0.2, 0.25) is 0 Å². The maximum atomic E-state index is 14.0. The van der Waals surface area contributed by atoms with Crippen LogP contribution in [0.4, 0.5) is 10.1 Å². The van der Waals surface area contributed by atoms with Crippen LogP contribution in [0, 0.1) is 24.6 Å². The molecule has 0 fully saturated rings. The minimum atomic E-state index is -0.600. The van der Waals surface area contributed by atoms with Crippen LogP contribution in [0.15, 0.2) is 48.1 Å². The monoisotopic (exact) mass is 337 g/mol. The molecule has 1 amide bonds. The zero-order chi connectivity index (χ0) is 16.9. The van der Waals surface area contributed by atoms with E-state index in [-0.39, 0.29) is 5.56 Å². The van der Waals surface area contributed by atoms with Crippen LogP contribution in [0.1, 0.15) is 26.6 Å². The molecule has 1 aromatic carbocycles. The van der Waals surface area contributed by atoms with Crippen molar-refractivity contribution >= 4 is 22.9 Å². The van der Waals surface area contributed by atoms with Gasteiger partial charge >= 0.3 is 0 Å². The third-order valence-electron chi connectivity index (χ3n) is 3.10. The van der Waals surface area contributed by atoms with Gasteiger partial charge in [0.15, 0.2) is 0 Å². The molecule has 2 heterocycles. The molecule has 0 aliphatic rings. The molecule has 0 saturated heterocycles. The summed E-state index contributed by atoms with van der Waals surface area (Å²) in [5, 5.41) is 5.40. The molecule has 2 aromatic heterocycles. The zero-order valence-electron chi connectivity index (χ0n) is 12.7. The summed E-state index contributed by atoms with van der Waals surface area (Å²) in [5.41, 5.74) is 1.68. The van der Waals surface area contributed by atoms with Crippen LogP contribution in [-0.4, -0.2) is 15.9 Å². The van der Waals surface area contributed by atoms with Gasteiger partial charge in [0.05, 0.1) is 10.6 Å². The molecule has 0 aliphatic heterocycles. The van der Waals surface area contributed by atoms with Crippen molar-refractivity contribution in [2.45, 2.75) is 6.92 Å². The van der Waals surface area contributed by atoms with Crippen molar-refractivity contribution in [2.24, 2.45) is 0 Å².